The molecule has 0 radical (unpaired) electrons. The molecule has 6 nitrogen and oxygen atoms in total. The molecule has 1 amide bonds. The molecule has 2 fully saturated rings. The van der Waals surface area contributed by atoms with Crippen molar-refractivity contribution in [3.05, 3.63) is 11.7 Å². The van der Waals surface area contributed by atoms with Gasteiger partial charge >= 0.3 is 0 Å². The van der Waals surface area contributed by atoms with Gasteiger partial charge in [-0.15, -0.1) is 12.4 Å². The minimum Gasteiger partial charge on any atom is -0.343 e. The summed E-state index contributed by atoms with van der Waals surface area (Å²) in [5.41, 5.74) is 5.86. The van der Waals surface area contributed by atoms with Crippen molar-refractivity contribution in [2.45, 2.75) is 57.4 Å². The molecule has 0 atom stereocenters. The lowest BCUT2D eigenvalue weighted by Crippen LogP contribution is -2.44. The fourth-order valence-electron chi connectivity index (χ4n) is 3.20. The van der Waals surface area contributed by atoms with Crippen LogP contribution in [0.25, 0.3) is 0 Å². The third-order valence-corrected chi connectivity index (χ3v) is 4.99. The molecule has 0 aromatic carbocycles. The van der Waals surface area contributed by atoms with Crippen LogP contribution in [0.2, 0.25) is 0 Å². The van der Waals surface area contributed by atoms with E-state index in [2.05, 4.69) is 10.1 Å². The second-order valence-electron chi connectivity index (χ2n) is 6.51. The van der Waals surface area contributed by atoms with Crippen molar-refractivity contribution in [1.29, 1.82) is 0 Å². The highest BCUT2D eigenvalue weighted by molar-refractivity contribution is 5.85. The number of nitrogens with two attached hydrogens (primary N) is 1. The van der Waals surface area contributed by atoms with E-state index in [1.54, 1.807) is 6.92 Å². The van der Waals surface area contributed by atoms with Crippen LogP contribution in [-0.4, -0.2) is 34.0 Å². The van der Waals surface area contributed by atoms with E-state index in [-0.39, 0.29) is 23.9 Å². The Kier molecular flexibility index (Phi) is 5.45. The highest BCUT2D eigenvalue weighted by atomic mass is 35.5. The first-order valence-corrected chi connectivity index (χ1v) is 7.94. The maximum absolute atomic E-state index is 11.3. The van der Waals surface area contributed by atoms with Crippen molar-refractivity contribution in [1.82, 2.24) is 15.0 Å². The summed E-state index contributed by atoms with van der Waals surface area (Å²) in [5.74, 6) is 2.21. The minimum atomic E-state index is -0.339. The van der Waals surface area contributed by atoms with Crippen LogP contribution in [0.1, 0.15) is 57.2 Å². The molecular formula is C15H25ClN4O2. The number of hydrogen-bond donors (Lipinski definition) is 1. The first-order chi connectivity index (χ1) is 10.1. The molecule has 2 aliphatic rings. The number of nitrogens with zero attached hydrogens (tertiary/aromatic N) is 3. The summed E-state index contributed by atoms with van der Waals surface area (Å²) < 4.78 is 5.33. The summed E-state index contributed by atoms with van der Waals surface area (Å²) in [6.45, 7) is 3.39. The summed E-state index contributed by atoms with van der Waals surface area (Å²) in [6.07, 6.45) is 7.06. The van der Waals surface area contributed by atoms with Gasteiger partial charge in [-0.3, -0.25) is 4.79 Å². The average Bonchev–Trinajstić information content (AvgIpc) is 2.92. The Labute approximate surface area is 137 Å². The molecule has 7 heteroatoms. The lowest BCUT2D eigenvalue weighted by atomic mass is 9.77. The van der Waals surface area contributed by atoms with Crippen LogP contribution in [0, 0.1) is 5.92 Å². The fourth-order valence-corrected chi connectivity index (χ4v) is 3.20. The Bertz CT molecular complexity index is 507. The monoisotopic (exact) mass is 328 g/mol. The van der Waals surface area contributed by atoms with Crippen molar-refractivity contribution >= 4 is 18.3 Å². The lowest BCUT2D eigenvalue weighted by molar-refractivity contribution is -0.130. The Morgan fingerprint density at radius 2 is 2.09 bits per heavy atom. The van der Waals surface area contributed by atoms with Crippen LogP contribution in [0.15, 0.2) is 4.52 Å². The van der Waals surface area contributed by atoms with E-state index in [1.807, 2.05) is 4.90 Å². The van der Waals surface area contributed by atoms with E-state index in [4.69, 9.17) is 10.3 Å². The Hall–Kier alpha value is -1.14. The van der Waals surface area contributed by atoms with Crippen LogP contribution in [-0.2, 0) is 16.8 Å². The lowest BCUT2D eigenvalue weighted by Gasteiger charge is -2.34. The number of hydrogen-bond acceptors (Lipinski definition) is 5. The van der Waals surface area contributed by atoms with Crippen molar-refractivity contribution in [3.63, 3.8) is 0 Å². The predicted octanol–water partition coefficient (Wildman–Crippen LogP) is 2.02. The molecular weight excluding hydrogens is 304 g/mol. The van der Waals surface area contributed by atoms with E-state index in [0.29, 0.717) is 17.6 Å². The standard InChI is InChI=1S/C15H24N4O2.ClH/c1-11(20)19-9-5-12(6-10-19)3-4-13-17-14(18-21-13)15(16)7-2-8-15;/h12H,2-10,16H2,1H3;1H. The SMILES string of the molecule is CC(=O)N1CCC(CCc2nc(C3(N)CCC3)no2)CC1.Cl. The molecule has 1 aliphatic heterocycles. The molecule has 1 saturated carbocycles. The second kappa shape index (κ2) is 6.96. The average molecular weight is 329 g/mol. The van der Waals surface area contributed by atoms with Crippen molar-refractivity contribution < 1.29 is 9.32 Å². The number of likely N-dealkylation sites (tertiary alicyclic amines) is 1. The molecule has 2 heterocycles. The zero-order valence-corrected chi connectivity index (χ0v) is 13.9. The molecule has 1 saturated heterocycles. The van der Waals surface area contributed by atoms with Gasteiger partial charge in [0, 0.05) is 26.4 Å². The number of rotatable bonds is 4. The molecule has 2 N–H and O–H groups in total. The summed E-state index contributed by atoms with van der Waals surface area (Å²) >= 11 is 0. The van der Waals surface area contributed by atoms with Gasteiger partial charge in [0.05, 0.1) is 5.54 Å². The molecule has 1 aliphatic carbocycles. The number of amides is 1. The van der Waals surface area contributed by atoms with Crippen LogP contribution in [0.4, 0.5) is 0 Å². The van der Waals surface area contributed by atoms with Crippen molar-refractivity contribution in [2.75, 3.05) is 13.1 Å². The minimum absolute atomic E-state index is 0. The molecule has 22 heavy (non-hydrogen) atoms. The van der Waals surface area contributed by atoms with Gasteiger partial charge in [0.2, 0.25) is 11.8 Å². The maximum atomic E-state index is 11.3. The third kappa shape index (κ3) is 3.60. The van der Waals surface area contributed by atoms with Crippen LogP contribution < -0.4 is 5.73 Å². The number of aryl methyl sites for hydroxylation is 1. The predicted molar refractivity (Wildman–Crippen MR) is 84.6 cm³/mol. The van der Waals surface area contributed by atoms with Gasteiger partial charge in [0.25, 0.3) is 0 Å². The molecule has 0 bridgehead atoms. The summed E-state index contributed by atoms with van der Waals surface area (Å²) in [6, 6.07) is 0. The second-order valence-corrected chi connectivity index (χ2v) is 6.51. The Morgan fingerprint density at radius 3 is 2.64 bits per heavy atom. The Morgan fingerprint density at radius 1 is 1.41 bits per heavy atom. The van der Waals surface area contributed by atoms with E-state index in [0.717, 1.165) is 58.0 Å². The Balaban J connectivity index is 0.00000176. The molecule has 3 rings (SSSR count). The molecule has 1 aromatic heterocycles. The zero-order valence-electron chi connectivity index (χ0n) is 13.1. The first-order valence-electron chi connectivity index (χ1n) is 7.94. The van der Waals surface area contributed by atoms with Crippen LogP contribution in [0.5, 0.6) is 0 Å². The van der Waals surface area contributed by atoms with Gasteiger partial charge in [-0.1, -0.05) is 5.16 Å². The van der Waals surface area contributed by atoms with E-state index in [1.165, 1.54) is 0 Å². The normalized spacial score (nSPS) is 21.1. The van der Waals surface area contributed by atoms with E-state index in [9.17, 15) is 4.79 Å². The van der Waals surface area contributed by atoms with Crippen LogP contribution >= 0.6 is 12.4 Å². The van der Waals surface area contributed by atoms with E-state index < -0.39 is 0 Å². The smallest absolute Gasteiger partial charge is 0.226 e. The fraction of sp³-hybridized carbons (Fsp3) is 0.800. The van der Waals surface area contributed by atoms with Gasteiger partial charge < -0.3 is 15.2 Å². The highest BCUT2D eigenvalue weighted by Crippen LogP contribution is 2.37. The molecule has 124 valence electrons. The van der Waals surface area contributed by atoms with Gasteiger partial charge in [0.15, 0.2) is 5.82 Å². The van der Waals surface area contributed by atoms with Crippen molar-refractivity contribution in [2.24, 2.45) is 11.7 Å². The molecule has 0 spiro atoms. The quantitative estimate of drug-likeness (QED) is 0.914. The summed E-state index contributed by atoms with van der Waals surface area (Å²) in [5, 5.41) is 4.04. The highest BCUT2D eigenvalue weighted by Gasteiger charge is 2.38. The number of halogens is 1. The number of carbonyl (C=O) groups excluding carboxylic acids is 1. The van der Waals surface area contributed by atoms with Gasteiger partial charge in [0.1, 0.15) is 0 Å². The van der Waals surface area contributed by atoms with E-state index >= 15 is 0 Å². The maximum Gasteiger partial charge on any atom is 0.226 e. The van der Waals surface area contributed by atoms with Crippen LogP contribution in [0.3, 0.4) is 0 Å². The summed E-state index contributed by atoms with van der Waals surface area (Å²) in [4.78, 5) is 17.7. The van der Waals surface area contributed by atoms with Gasteiger partial charge in [-0.2, -0.15) is 4.98 Å². The topological polar surface area (TPSA) is 85.2 Å². The largest absolute Gasteiger partial charge is 0.343 e. The number of piperidine rings is 1. The molecule has 0 unspecified atom stereocenters. The third-order valence-electron chi connectivity index (χ3n) is 4.99. The first kappa shape index (κ1) is 17.2. The number of aromatic nitrogens is 2. The molecule has 1 aromatic rings. The van der Waals surface area contributed by atoms with Gasteiger partial charge in [-0.05, 0) is 44.4 Å². The van der Waals surface area contributed by atoms with Crippen molar-refractivity contribution in [3.8, 4) is 0 Å². The van der Waals surface area contributed by atoms with Gasteiger partial charge in [-0.25, -0.2) is 0 Å². The summed E-state index contributed by atoms with van der Waals surface area (Å²) in [7, 11) is 0. The number of carbonyl (C=O) groups is 1. The zero-order chi connectivity index (χ0) is 14.9.